The molecule has 0 spiro atoms. The van der Waals surface area contributed by atoms with Crippen LogP contribution in [0.15, 0.2) is 24.3 Å². The second-order valence-electron chi connectivity index (χ2n) is 12.4. The number of hydrogen-bond acceptors (Lipinski definition) is 6. The molecule has 5 fully saturated rings. The first-order chi connectivity index (χ1) is 18.1. The minimum Gasteiger partial charge on any atom is -0.447 e. The number of piperidine rings is 1. The number of amides is 2. The van der Waals surface area contributed by atoms with E-state index in [-0.39, 0.29) is 42.1 Å². The fourth-order valence-corrected chi connectivity index (χ4v) is 7.30. The van der Waals surface area contributed by atoms with Crippen molar-refractivity contribution in [2.24, 2.45) is 17.3 Å². The Morgan fingerprint density at radius 2 is 2.00 bits per heavy atom. The van der Waals surface area contributed by atoms with Crippen LogP contribution in [-0.2, 0) is 25.3 Å². The van der Waals surface area contributed by atoms with E-state index in [1.54, 1.807) is 4.90 Å². The summed E-state index contributed by atoms with van der Waals surface area (Å²) >= 11 is 0. The van der Waals surface area contributed by atoms with Gasteiger partial charge in [-0.05, 0) is 75.2 Å². The van der Waals surface area contributed by atoms with Gasteiger partial charge in [0.25, 0.3) is 0 Å². The lowest BCUT2D eigenvalue weighted by molar-refractivity contribution is -0.199. The standard InChI is InChI=1S/C29H40BN3O5/c1-19-8-10-20(11-9-19)15-25(30-37-24-17-21-16-23(28(21,2)3)29(24,4)38-30)32-27(35)36-18-22-7-5-6-14-33(22)26(34)12-13-31/h8-11,21-25H,5-7,12,14-18H2,1-4H3,(H,32,35)/t21-,22+,23-,24+,25-,29-/m0/s1. The second-order valence-corrected chi connectivity index (χ2v) is 12.4. The monoisotopic (exact) mass is 521 g/mol. The summed E-state index contributed by atoms with van der Waals surface area (Å²) in [6.45, 7) is 9.59. The van der Waals surface area contributed by atoms with Crippen LogP contribution in [-0.4, -0.2) is 60.9 Å². The highest BCUT2D eigenvalue weighted by atomic mass is 16.7. The summed E-state index contributed by atoms with van der Waals surface area (Å²) in [6, 6.07) is 9.99. The van der Waals surface area contributed by atoms with Crippen LogP contribution in [0.2, 0.25) is 0 Å². The van der Waals surface area contributed by atoms with Crippen molar-refractivity contribution in [1.29, 1.82) is 5.26 Å². The van der Waals surface area contributed by atoms with Crippen LogP contribution in [0, 0.1) is 35.5 Å². The molecule has 9 heteroatoms. The van der Waals surface area contributed by atoms with Gasteiger partial charge in [0, 0.05) is 6.54 Å². The fraction of sp³-hybridized carbons (Fsp3) is 0.690. The van der Waals surface area contributed by atoms with Crippen molar-refractivity contribution in [3.05, 3.63) is 35.4 Å². The molecule has 1 aromatic rings. The zero-order chi connectivity index (χ0) is 27.1. The van der Waals surface area contributed by atoms with Crippen molar-refractivity contribution < 1.29 is 23.6 Å². The molecule has 1 aromatic carbocycles. The average molecular weight is 521 g/mol. The first-order valence-corrected chi connectivity index (χ1v) is 14.1. The van der Waals surface area contributed by atoms with E-state index < -0.39 is 19.2 Å². The number of nitriles is 1. The molecule has 2 heterocycles. The lowest BCUT2D eigenvalue weighted by Crippen LogP contribution is -2.65. The lowest BCUT2D eigenvalue weighted by Gasteiger charge is -2.64. The molecular formula is C29H40BN3O5. The smallest absolute Gasteiger partial charge is 0.447 e. The van der Waals surface area contributed by atoms with E-state index >= 15 is 0 Å². The third-order valence-electron chi connectivity index (χ3n) is 9.76. The third kappa shape index (κ3) is 5.05. The van der Waals surface area contributed by atoms with Crippen LogP contribution >= 0.6 is 0 Å². The van der Waals surface area contributed by atoms with Crippen LogP contribution in [0.1, 0.15) is 70.4 Å². The molecule has 3 saturated carbocycles. The van der Waals surface area contributed by atoms with Crippen molar-refractivity contribution in [1.82, 2.24) is 10.2 Å². The minimum atomic E-state index is -0.572. The average Bonchev–Trinajstić information content (AvgIpc) is 3.26. The Morgan fingerprint density at radius 3 is 2.71 bits per heavy atom. The Morgan fingerprint density at radius 1 is 1.24 bits per heavy atom. The molecule has 1 N–H and O–H groups in total. The van der Waals surface area contributed by atoms with Gasteiger partial charge in [-0.3, -0.25) is 4.79 Å². The Balaban J connectivity index is 1.26. The molecule has 2 aliphatic heterocycles. The maximum Gasteiger partial charge on any atom is 0.482 e. The topological polar surface area (TPSA) is 101 Å². The quantitative estimate of drug-likeness (QED) is 0.540. The largest absolute Gasteiger partial charge is 0.482 e. The highest BCUT2D eigenvalue weighted by molar-refractivity contribution is 6.47. The molecule has 8 nitrogen and oxygen atoms in total. The van der Waals surface area contributed by atoms with Gasteiger partial charge in [0.2, 0.25) is 5.91 Å². The van der Waals surface area contributed by atoms with Gasteiger partial charge < -0.3 is 24.3 Å². The fourth-order valence-electron chi connectivity index (χ4n) is 7.30. The number of nitrogens with one attached hydrogen (secondary N) is 1. The number of aryl methyl sites for hydroxylation is 1. The van der Waals surface area contributed by atoms with E-state index in [4.69, 9.17) is 19.3 Å². The Labute approximate surface area is 226 Å². The van der Waals surface area contributed by atoms with Crippen LogP contribution in [0.5, 0.6) is 0 Å². The van der Waals surface area contributed by atoms with E-state index in [0.29, 0.717) is 24.8 Å². The predicted octanol–water partition coefficient (Wildman–Crippen LogP) is 4.19. The summed E-state index contributed by atoms with van der Waals surface area (Å²) in [5.74, 6) is 0.446. The third-order valence-corrected chi connectivity index (χ3v) is 9.76. The second kappa shape index (κ2) is 10.5. The Bertz CT molecular complexity index is 1090. The van der Waals surface area contributed by atoms with Gasteiger partial charge in [0.05, 0.1) is 29.8 Å². The summed E-state index contributed by atoms with van der Waals surface area (Å²) < 4.78 is 18.9. The highest BCUT2D eigenvalue weighted by Crippen LogP contribution is 2.65. The van der Waals surface area contributed by atoms with Crippen LogP contribution in [0.3, 0.4) is 0 Å². The maximum absolute atomic E-state index is 13.1. The van der Waals surface area contributed by atoms with Gasteiger partial charge in [0.1, 0.15) is 13.0 Å². The summed E-state index contributed by atoms with van der Waals surface area (Å²) in [4.78, 5) is 27.1. The summed E-state index contributed by atoms with van der Waals surface area (Å²) in [7, 11) is -0.572. The minimum absolute atomic E-state index is 0.0181. The molecule has 0 radical (unpaired) electrons. The maximum atomic E-state index is 13.1. The van der Waals surface area contributed by atoms with Crippen LogP contribution in [0.4, 0.5) is 4.79 Å². The van der Waals surface area contributed by atoms with Crippen LogP contribution in [0.25, 0.3) is 0 Å². The molecule has 204 valence electrons. The van der Waals surface area contributed by atoms with Gasteiger partial charge in [-0.25, -0.2) is 4.79 Å². The molecule has 2 saturated heterocycles. The molecule has 5 aliphatic rings. The molecule has 2 amide bonds. The molecule has 0 aromatic heterocycles. The molecule has 0 unspecified atom stereocenters. The normalized spacial score (nSPS) is 32.0. The predicted molar refractivity (Wildman–Crippen MR) is 143 cm³/mol. The highest BCUT2D eigenvalue weighted by Gasteiger charge is 2.68. The first kappa shape index (κ1) is 27.0. The van der Waals surface area contributed by atoms with Crippen molar-refractivity contribution in [2.45, 2.75) is 96.3 Å². The Hall–Kier alpha value is -2.57. The van der Waals surface area contributed by atoms with Crippen molar-refractivity contribution in [3.63, 3.8) is 0 Å². The van der Waals surface area contributed by atoms with E-state index in [9.17, 15) is 9.59 Å². The number of ether oxygens (including phenoxy) is 1. The summed E-state index contributed by atoms with van der Waals surface area (Å²) in [6.07, 6.45) is 4.62. The number of benzene rings is 1. The molecule has 6 rings (SSSR count). The number of nitrogens with zero attached hydrogens (tertiary/aromatic N) is 2. The molecule has 6 atom stereocenters. The van der Waals surface area contributed by atoms with Crippen molar-refractivity contribution >= 4 is 19.1 Å². The first-order valence-electron chi connectivity index (χ1n) is 14.1. The van der Waals surface area contributed by atoms with Gasteiger partial charge in [0.15, 0.2) is 0 Å². The van der Waals surface area contributed by atoms with Gasteiger partial charge >= 0.3 is 13.2 Å². The number of carbonyl (C=O) groups is 2. The van der Waals surface area contributed by atoms with Crippen LogP contribution < -0.4 is 5.32 Å². The number of carbonyl (C=O) groups excluding carboxylic acids is 2. The molecule has 38 heavy (non-hydrogen) atoms. The van der Waals surface area contributed by atoms with E-state index in [1.807, 2.05) is 6.07 Å². The zero-order valence-corrected chi connectivity index (χ0v) is 23.1. The van der Waals surface area contributed by atoms with E-state index in [1.165, 1.54) is 5.56 Å². The van der Waals surface area contributed by atoms with Gasteiger partial charge in [-0.15, -0.1) is 0 Å². The van der Waals surface area contributed by atoms with Gasteiger partial charge in [-0.2, -0.15) is 5.26 Å². The van der Waals surface area contributed by atoms with E-state index in [2.05, 4.69) is 57.3 Å². The molecular weight excluding hydrogens is 481 g/mol. The zero-order valence-electron chi connectivity index (χ0n) is 23.1. The number of alkyl carbamates (subject to hydrolysis) is 1. The SMILES string of the molecule is Cc1ccc(C[C@H](NC(=O)OC[C@H]2CCCCN2C(=O)CC#N)B2O[C@@H]3C[C@@H]4C[C@@H](C4(C)C)[C@]3(C)O2)cc1. The van der Waals surface area contributed by atoms with Crippen molar-refractivity contribution in [3.8, 4) is 6.07 Å². The molecule has 2 bridgehead atoms. The lowest BCUT2D eigenvalue weighted by atomic mass is 9.43. The van der Waals surface area contributed by atoms with Crippen molar-refractivity contribution in [2.75, 3.05) is 13.2 Å². The molecule has 3 aliphatic carbocycles. The van der Waals surface area contributed by atoms with E-state index in [0.717, 1.165) is 37.7 Å². The number of likely N-dealkylation sites (tertiary alicyclic amines) is 1. The summed E-state index contributed by atoms with van der Waals surface area (Å²) in [5, 5.41) is 12.0. The number of hydrogen-bond donors (Lipinski definition) is 1. The summed E-state index contributed by atoms with van der Waals surface area (Å²) in [5.41, 5.74) is 2.12. The number of rotatable bonds is 7. The Kier molecular flexibility index (Phi) is 7.49. The van der Waals surface area contributed by atoms with Gasteiger partial charge in [-0.1, -0.05) is 43.7 Å².